The summed E-state index contributed by atoms with van der Waals surface area (Å²) >= 11 is 0. The summed E-state index contributed by atoms with van der Waals surface area (Å²) in [7, 11) is 1.68. The molecule has 0 saturated carbocycles. The number of hydrogen-bond donors (Lipinski definition) is 0. The van der Waals surface area contributed by atoms with E-state index in [0.29, 0.717) is 11.3 Å². The highest BCUT2D eigenvalue weighted by Crippen LogP contribution is 2.17. The normalized spacial score (nSPS) is 10.3. The Morgan fingerprint density at radius 1 is 1.33 bits per heavy atom. The van der Waals surface area contributed by atoms with Gasteiger partial charge in [0, 0.05) is 31.3 Å². The van der Waals surface area contributed by atoms with E-state index in [-0.39, 0.29) is 5.91 Å². The second kappa shape index (κ2) is 5.06. The zero-order valence-corrected chi connectivity index (χ0v) is 11.3. The summed E-state index contributed by atoms with van der Waals surface area (Å²) in [6, 6.07) is 10.6. The van der Waals surface area contributed by atoms with E-state index in [0.717, 1.165) is 11.2 Å². The molecule has 3 heterocycles. The van der Waals surface area contributed by atoms with E-state index >= 15 is 0 Å². The summed E-state index contributed by atoms with van der Waals surface area (Å²) in [5.41, 5.74) is 2.37. The van der Waals surface area contributed by atoms with Gasteiger partial charge in [0.15, 0.2) is 0 Å². The molecule has 0 fully saturated rings. The third-order valence-electron chi connectivity index (χ3n) is 3.19. The SMILES string of the molecule is CN(C(=O)c1ccc(C#N)cn1)c1ccn2nccc2c1. The van der Waals surface area contributed by atoms with Gasteiger partial charge in [-0.1, -0.05) is 0 Å². The van der Waals surface area contributed by atoms with E-state index in [1.54, 1.807) is 36.1 Å². The fourth-order valence-electron chi connectivity index (χ4n) is 1.99. The number of carbonyl (C=O) groups is 1. The van der Waals surface area contributed by atoms with E-state index in [1.165, 1.54) is 11.1 Å². The molecule has 0 atom stereocenters. The number of pyridine rings is 2. The van der Waals surface area contributed by atoms with Crippen LogP contribution in [0.25, 0.3) is 5.52 Å². The maximum absolute atomic E-state index is 12.4. The molecule has 3 aromatic heterocycles. The van der Waals surface area contributed by atoms with E-state index < -0.39 is 0 Å². The molecule has 0 aliphatic rings. The quantitative estimate of drug-likeness (QED) is 0.716. The van der Waals surface area contributed by atoms with Crippen LogP contribution in [0.4, 0.5) is 5.69 Å². The van der Waals surface area contributed by atoms with Gasteiger partial charge in [-0.15, -0.1) is 0 Å². The second-order valence-electron chi connectivity index (χ2n) is 4.49. The summed E-state index contributed by atoms with van der Waals surface area (Å²) in [5, 5.41) is 12.9. The number of rotatable bonds is 2. The molecule has 0 aliphatic heterocycles. The molecule has 0 aliphatic carbocycles. The largest absolute Gasteiger partial charge is 0.310 e. The molecule has 0 N–H and O–H groups in total. The van der Waals surface area contributed by atoms with Crippen molar-refractivity contribution in [3.8, 4) is 6.07 Å². The van der Waals surface area contributed by atoms with Crippen LogP contribution in [0.1, 0.15) is 16.1 Å². The number of amides is 1. The van der Waals surface area contributed by atoms with Crippen LogP contribution in [-0.2, 0) is 0 Å². The Labute approximate surface area is 120 Å². The van der Waals surface area contributed by atoms with Crippen molar-refractivity contribution in [2.75, 3.05) is 11.9 Å². The zero-order chi connectivity index (χ0) is 14.8. The minimum atomic E-state index is -0.233. The van der Waals surface area contributed by atoms with Crippen LogP contribution in [0.3, 0.4) is 0 Å². The third-order valence-corrected chi connectivity index (χ3v) is 3.19. The summed E-state index contributed by atoms with van der Waals surface area (Å²) < 4.78 is 1.72. The van der Waals surface area contributed by atoms with Gasteiger partial charge < -0.3 is 4.90 Å². The molecule has 1 amide bonds. The number of hydrogen-bond acceptors (Lipinski definition) is 4. The molecule has 0 aromatic carbocycles. The monoisotopic (exact) mass is 277 g/mol. The number of carbonyl (C=O) groups excluding carboxylic acids is 1. The van der Waals surface area contributed by atoms with Crippen LogP contribution in [0.2, 0.25) is 0 Å². The van der Waals surface area contributed by atoms with Gasteiger partial charge in [-0.25, -0.2) is 9.50 Å². The van der Waals surface area contributed by atoms with Gasteiger partial charge in [0.1, 0.15) is 11.8 Å². The van der Waals surface area contributed by atoms with Gasteiger partial charge >= 0.3 is 0 Å². The van der Waals surface area contributed by atoms with Crippen molar-refractivity contribution in [1.82, 2.24) is 14.6 Å². The number of aromatic nitrogens is 3. The maximum atomic E-state index is 12.4. The fraction of sp³-hybridized carbons (Fsp3) is 0.0667. The molecule has 3 rings (SSSR count). The highest BCUT2D eigenvalue weighted by Gasteiger charge is 2.15. The number of anilines is 1. The van der Waals surface area contributed by atoms with Gasteiger partial charge in [-0.3, -0.25) is 4.79 Å². The Kier molecular flexibility index (Phi) is 3.09. The number of fused-ring (bicyclic) bond motifs is 1. The summed E-state index contributed by atoms with van der Waals surface area (Å²) in [6.45, 7) is 0. The molecule has 3 aromatic rings. The first-order valence-corrected chi connectivity index (χ1v) is 6.26. The van der Waals surface area contributed by atoms with Crippen LogP contribution >= 0.6 is 0 Å². The molecule has 0 unspecified atom stereocenters. The highest BCUT2D eigenvalue weighted by atomic mass is 16.2. The molecule has 6 heteroatoms. The van der Waals surface area contributed by atoms with Crippen LogP contribution < -0.4 is 4.90 Å². The van der Waals surface area contributed by atoms with Crippen molar-refractivity contribution in [1.29, 1.82) is 5.26 Å². The minimum absolute atomic E-state index is 0.233. The smallest absolute Gasteiger partial charge is 0.276 e. The van der Waals surface area contributed by atoms with Crippen LogP contribution in [0.15, 0.2) is 48.9 Å². The summed E-state index contributed by atoms with van der Waals surface area (Å²) in [5.74, 6) is -0.233. The molecule has 102 valence electrons. The minimum Gasteiger partial charge on any atom is -0.310 e. The van der Waals surface area contributed by atoms with E-state index in [4.69, 9.17) is 5.26 Å². The average Bonchev–Trinajstić information content (AvgIpc) is 3.01. The standard InChI is InChI=1S/C15H11N5O/c1-19(12-5-7-20-13(8-12)4-6-18-20)15(21)14-3-2-11(9-16)10-17-14/h2-8,10H,1H3. The molecule has 6 nitrogen and oxygen atoms in total. The van der Waals surface area contributed by atoms with Crippen molar-refractivity contribution in [3.05, 3.63) is 60.2 Å². The van der Waals surface area contributed by atoms with Crippen molar-refractivity contribution < 1.29 is 4.79 Å². The van der Waals surface area contributed by atoms with Crippen molar-refractivity contribution in [2.24, 2.45) is 0 Å². The molecule has 21 heavy (non-hydrogen) atoms. The lowest BCUT2D eigenvalue weighted by Crippen LogP contribution is -2.27. The van der Waals surface area contributed by atoms with Gasteiger partial charge in [0.05, 0.1) is 11.1 Å². The molecule has 0 radical (unpaired) electrons. The second-order valence-corrected chi connectivity index (χ2v) is 4.49. The number of nitriles is 1. The molecule has 0 saturated heterocycles. The molecule has 0 spiro atoms. The van der Waals surface area contributed by atoms with Crippen molar-refractivity contribution in [3.63, 3.8) is 0 Å². The fourth-order valence-corrected chi connectivity index (χ4v) is 1.99. The van der Waals surface area contributed by atoms with Gasteiger partial charge in [-0.2, -0.15) is 10.4 Å². The zero-order valence-electron chi connectivity index (χ0n) is 11.3. The van der Waals surface area contributed by atoms with Crippen molar-refractivity contribution >= 4 is 17.1 Å². The van der Waals surface area contributed by atoms with E-state index in [1.807, 2.05) is 24.3 Å². The predicted octanol–water partition coefficient (Wildman–Crippen LogP) is 1.88. The van der Waals surface area contributed by atoms with E-state index in [2.05, 4.69) is 10.1 Å². The first-order valence-electron chi connectivity index (χ1n) is 6.26. The van der Waals surface area contributed by atoms with E-state index in [9.17, 15) is 4.79 Å². The van der Waals surface area contributed by atoms with Crippen LogP contribution in [0.5, 0.6) is 0 Å². The molecule has 0 bridgehead atoms. The first kappa shape index (κ1) is 12.8. The lowest BCUT2D eigenvalue weighted by atomic mass is 10.2. The van der Waals surface area contributed by atoms with Crippen LogP contribution in [0, 0.1) is 11.3 Å². The Hall–Kier alpha value is -3.20. The Balaban J connectivity index is 1.90. The first-order chi connectivity index (χ1) is 10.2. The van der Waals surface area contributed by atoms with Crippen LogP contribution in [-0.4, -0.2) is 27.6 Å². The Bertz CT molecular complexity index is 844. The predicted molar refractivity (Wildman–Crippen MR) is 76.9 cm³/mol. The topological polar surface area (TPSA) is 74.3 Å². The van der Waals surface area contributed by atoms with Gasteiger partial charge in [0.25, 0.3) is 5.91 Å². The number of nitrogens with zero attached hydrogens (tertiary/aromatic N) is 5. The molecular formula is C15H11N5O. The Morgan fingerprint density at radius 3 is 2.90 bits per heavy atom. The highest BCUT2D eigenvalue weighted by molar-refractivity contribution is 6.04. The lowest BCUT2D eigenvalue weighted by Gasteiger charge is -2.17. The summed E-state index contributed by atoms with van der Waals surface area (Å²) in [6.07, 6.45) is 4.88. The van der Waals surface area contributed by atoms with Crippen molar-refractivity contribution in [2.45, 2.75) is 0 Å². The third kappa shape index (κ3) is 2.32. The van der Waals surface area contributed by atoms with Gasteiger partial charge in [0.2, 0.25) is 0 Å². The van der Waals surface area contributed by atoms with Gasteiger partial charge in [-0.05, 0) is 30.3 Å². The maximum Gasteiger partial charge on any atom is 0.276 e. The Morgan fingerprint density at radius 2 is 2.19 bits per heavy atom. The lowest BCUT2D eigenvalue weighted by molar-refractivity contribution is 0.0988. The summed E-state index contributed by atoms with van der Waals surface area (Å²) in [4.78, 5) is 17.9. The molecular weight excluding hydrogens is 266 g/mol. The average molecular weight is 277 g/mol.